The van der Waals surface area contributed by atoms with E-state index in [1.807, 2.05) is 6.08 Å². The van der Waals surface area contributed by atoms with Crippen LogP contribution in [0.25, 0.3) is 0 Å². The molecule has 3 fully saturated rings. The summed E-state index contributed by atoms with van der Waals surface area (Å²) >= 11 is 0. The van der Waals surface area contributed by atoms with Gasteiger partial charge in [0.25, 0.3) is 0 Å². The number of carbonyl (C=O) groups is 1. The summed E-state index contributed by atoms with van der Waals surface area (Å²) in [6.07, 6.45) is 39.8. The number of unbranched alkanes of at least 4 members (excludes halogenated alkanes) is 39. The second-order valence-corrected chi connectivity index (χ2v) is 27.1. The first-order chi connectivity index (χ1) is 45.3. The van der Waals surface area contributed by atoms with Crippen molar-refractivity contribution < 1.29 is 89.4 Å². The van der Waals surface area contributed by atoms with Crippen molar-refractivity contribution in [3.63, 3.8) is 0 Å². The lowest BCUT2D eigenvalue weighted by Crippen LogP contribution is -2.66. The molecular formula is C74H137NO18. The van der Waals surface area contributed by atoms with E-state index in [1.54, 1.807) is 6.08 Å². The molecule has 93 heavy (non-hydrogen) atoms. The third kappa shape index (κ3) is 37.1. The molecule has 17 atom stereocenters. The number of allylic oxidation sites excluding steroid dienone is 5. The molecule has 12 N–H and O–H groups in total. The monoisotopic (exact) mass is 1330 g/mol. The highest BCUT2D eigenvalue weighted by molar-refractivity contribution is 5.76. The quantitative estimate of drug-likeness (QED) is 0.0199. The molecule has 0 aromatic heterocycles. The average Bonchev–Trinajstić information content (AvgIpc) is 1.00. The van der Waals surface area contributed by atoms with Crippen LogP contribution in [0.2, 0.25) is 0 Å². The molecule has 3 saturated heterocycles. The Morgan fingerprint density at radius 2 is 0.710 bits per heavy atom. The molecule has 3 aliphatic rings. The maximum atomic E-state index is 13.4. The molecule has 0 aromatic carbocycles. The lowest BCUT2D eigenvalue weighted by Gasteiger charge is -2.48. The minimum atomic E-state index is -1.98. The van der Waals surface area contributed by atoms with Gasteiger partial charge in [0.05, 0.1) is 38.6 Å². The number of nitrogens with one attached hydrogen (secondary N) is 1. The standard InChI is InChI=1S/C74H137NO18/c1-3-5-7-9-11-13-15-17-19-21-23-24-25-26-27-28-29-30-31-32-34-36-38-40-42-44-46-48-50-52-62(80)75-57(58(79)51-49-47-45-43-41-39-37-35-33-22-20-18-16-14-12-10-8-6-4-2)56-88-72-68(86)65(83)70(60(54-77)90-72)93-74-69(87)66(84)71(61(55-78)91-74)92-73-67(85)64(82)63(81)59(53-76)89-73/h15,17,21,23,49,51,57-61,63-74,76-79,81-87H,3-14,16,18-20,22,24-48,50,52-56H2,1-2H3,(H,75,80)/b17-15-,23-21-,51-49+. The molecule has 0 spiro atoms. The smallest absolute Gasteiger partial charge is 0.220 e. The molecule has 0 saturated carbocycles. The minimum absolute atomic E-state index is 0.246. The van der Waals surface area contributed by atoms with E-state index in [2.05, 4.69) is 43.5 Å². The van der Waals surface area contributed by atoms with Crippen molar-refractivity contribution in [2.24, 2.45) is 0 Å². The van der Waals surface area contributed by atoms with E-state index in [9.17, 15) is 61.0 Å². The van der Waals surface area contributed by atoms with Gasteiger partial charge in [0.15, 0.2) is 18.9 Å². The first kappa shape index (κ1) is 85.2. The lowest BCUT2D eigenvalue weighted by atomic mass is 9.96. The van der Waals surface area contributed by atoms with Crippen LogP contribution in [-0.4, -0.2) is 193 Å². The molecule has 0 radical (unpaired) electrons. The summed E-state index contributed by atoms with van der Waals surface area (Å²) in [4.78, 5) is 13.4. The predicted octanol–water partition coefficient (Wildman–Crippen LogP) is 11.2. The Hall–Kier alpha value is -1.99. The summed E-state index contributed by atoms with van der Waals surface area (Å²) in [6, 6.07) is -0.972. The highest BCUT2D eigenvalue weighted by Gasteiger charge is 2.53. The molecule has 19 nitrogen and oxygen atoms in total. The third-order valence-electron chi connectivity index (χ3n) is 18.9. The second kappa shape index (κ2) is 55.8. The second-order valence-electron chi connectivity index (χ2n) is 27.1. The summed E-state index contributed by atoms with van der Waals surface area (Å²) in [7, 11) is 0. The van der Waals surface area contributed by atoms with E-state index in [0.717, 1.165) is 51.4 Å². The predicted molar refractivity (Wildman–Crippen MR) is 365 cm³/mol. The van der Waals surface area contributed by atoms with Crippen molar-refractivity contribution in [2.75, 3.05) is 26.4 Å². The topological polar surface area (TPSA) is 307 Å². The van der Waals surface area contributed by atoms with Gasteiger partial charge in [-0.25, -0.2) is 0 Å². The molecule has 0 aromatic rings. The first-order valence-electron chi connectivity index (χ1n) is 37.7. The Balaban J connectivity index is 1.39. The van der Waals surface area contributed by atoms with Crippen LogP contribution < -0.4 is 5.32 Å². The molecule has 19 heteroatoms. The number of hydrogen-bond donors (Lipinski definition) is 12. The van der Waals surface area contributed by atoms with Crippen molar-refractivity contribution in [1.82, 2.24) is 5.32 Å². The summed E-state index contributed by atoms with van der Waals surface area (Å²) in [5.41, 5.74) is 0. The number of carbonyl (C=O) groups excluding carboxylic acids is 1. The number of aliphatic hydroxyl groups is 11. The van der Waals surface area contributed by atoms with Gasteiger partial charge >= 0.3 is 0 Å². The zero-order valence-corrected chi connectivity index (χ0v) is 58.0. The van der Waals surface area contributed by atoms with Crippen molar-refractivity contribution >= 4 is 5.91 Å². The molecular weight excluding hydrogens is 1190 g/mol. The number of ether oxygens (including phenoxy) is 6. The normalized spacial score (nSPS) is 27.7. The van der Waals surface area contributed by atoms with Gasteiger partial charge in [0.2, 0.25) is 5.91 Å². The molecule has 3 rings (SSSR count). The first-order valence-corrected chi connectivity index (χ1v) is 37.7. The number of aliphatic hydroxyl groups excluding tert-OH is 11. The Labute approximate surface area is 561 Å². The van der Waals surface area contributed by atoms with E-state index in [-0.39, 0.29) is 18.9 Å². The molecule has 3 aliphatic heterocycles. The Morgan fingerprint density at radius 1 is 0.387 bits per heavy atom. The molecule has 1 amide bonds. The van der Waals surface area contributed by atoms with E-state index in [0.29, 0.717) is 6.42 Å². The maximum absolute atomic E-state index is 13.4. The number of hydrogen-bond acceptors (Lipinski definition) is 18. The van der Waals surface area contributed by atoms with Crippen LogP contribution in [0.5, 0.6) is 0 Å². The fourth-order valence-corrected chi connectivity index (χ4v) is 12.8. The largest absolute Gasteiger partial charge is 0.394 e. The Bertz CT molecular complexity index is 1830. The van der Waals surface area contributed by atoms with Crippen LogP contribution in [0, 0.1) is 0 Å². The Morgan fingerprint density at radius 3 is 1.10 bits per heavy atom. The van der Waals surface area contributed by atoms with Crippen molar-refractivity contribution in [3.8, 4) is 0 Å². The van der Waals surface area contributed by atoms with Gasteiger partial charge in [0, 0.05) is 6.42 Å². The number of amides is 1. The molecule has 546 valence electrons. The van der Waals surface area contributed by atoms with Gasteiger partial charge in [-0.3, -0.25) is 4.79 Å². The van der Waals surface area contributed by atoms with Crippen LogP contribution >= 0.6 is 0 Å². The van der Waals surface area contributed by atoms with Crippen LogP contribution in [0.4, 0.5) is 0 Å². The van der Waals surface area contributed by atoms with Gasteiger partial charge in [0.1, 0.15) is 73.2 Å². The summed E-state index contributed by atoms with van der Waals surface area (Å²) < 4.78 is 34.4. The van der Waals surface area contributed by atoms with Crippen molar-refractivity contribution in [3.05, 3.63) is 36.5 Å². The van der Waals surface area contributed by atoms with Crippen molar-refractivity contribution in [1.29, 1.82) is 0 Å². The van der Waals surface area contributed by atoms with E-state index < -0.39 is 124 Å². The average molecular weight is 1330 g/mol. The fourth-order valence-electron chi connectivity index (χ4n) is 12.8. The summed E-state index contributed by atoms with van der Waals surface area (Å²) in [5.74, 6) is -0.271. The molecule has 0 bridgehead atoms. The van der Waals surface area contributed by atoms with E-state index >= 15 is 0 Å². The van der Waals surface area contributed by atoms with Crippen LogP contribution in [-0.2, 0) is 33.2 Å². The van der Waals surface area contributed by atoms with Gasteiger partial charge in [-0.05, 0) is 51.4 Å². The van der Waals surface area contributed by atoms with Crippen LogP contribution in [0.3, 0.4) is 0 Å². The molecule has 17 unspecified atom stereocenters. The van der Waals surface area contributed by atoms with E-state index in [1.165, 1.54) is 218 Å². The SMILES string of the molecule is CCCCCCC/C=C\C/C=C\CCCCCCCCCCCCCCCCCCCC(=O)NC(COC1OC(CO)C(OC2OC(CO)C(OC3OC(CO)C(O)C(O)C3O)C(O)C2O)C(O)C1O)C(O)/C=C/CCCCCCCCCCCCCCCCCCC. The highest BCUT2D eigenvalue weighted by Crippen LogP contribution is 2.33. The lowest BCUT2D eigenvalue weighted by molar-refractivity contribution is -0.379. The van der Waals surface area contributed by atoms with Gasteiger partial charge < -0.3 is 89.9 Å². The van der Waals surface area contributed by atoms with Crippen molar-refractivity contribution in [2.45, 2.75) is 401 Å². The van der Waals surface area contributed by atoms with Crippen LogP contribution in [0.1, 0.15) is 296 Å². The highest BCUT2D eigenvalue weighted by atomic mass is 16.8. The third-order valence-corrected chi connectivity index (χ3v) is 18.9. The van der Waals surface area contributed by atoms with E-state index in [4.69, 9.17) is 28.4 Å². The molecule has 3 heterocycles. The minimum Gasteiger partial charge on any atom is -0.394 e. The maximum Gasteiger partial charge on any atom is 0.220 e. The number of rotatable bonds is 59. The van der Waals surface area contributed by atoms with Crippen LogP contribution in [0.15, 0.2) is 36.5 Å². The Kier molecular flexibility index (Phi) is 51.2. The fraction of sp³-hybridized carbons (Fsp3) is 0.905. The van der Waals surface area contributed by atoms with Gasteiger partial charge in [-0.1, -0.05) is 275 Å². The summed E-state index contributed by atoms with van der Waals surface area (Å²) in [6.45, 7) is 1.76. The van der Waals surface area contributed by atoms with Gasteiger partial charge in [-0.2, -0.15) is 0 Å². The summed E-state index contributed by atoms with van der Waals surface area (Å²) in [5, 5.41) is 121. The zero-order valence-electron chi connectivity index (χ0n) is 58.0. The van der Waals surface area contributed by atoms with Gasteiger partial charge in [-0.15, -0.1) is 0 Å². The zero-order chi connectivity index (χ0) is 67.5. The molecule has 0 aliphatic carbocycles.